The van der Waals surface area contributed by atoms with Gasteiger partial charge >= 0.3 is 0 Å². The summed E-state index contributed by atoms with van der Waals surface area (Å²) < 4.78 is 0. The van der Waals surface area contributed by atoms with Crippen molar-refractivity contribution in [1.29, 1.82) is 0 Å². The molecule has 104 valence electrons. The highest BCUT2D eigenvalue weighted by Crippen LogP contribution is 2.20. The number of hydrogen-bond acceptors (Lipinski definition) is 4. The number of nitrogens with one attached hydrogen (secondary N) is 1. The van der Waals surface area contributed by atoms with Crippen molar-refractivity contribution in [3.63, 3.8) is 0 Å². The van der Waals surface area contributed by atoms with Gasteiger partial charge in [0.1, 0.15) is 5.82 Å². The molecule has 1 saturated heterocycles. The average Bonchev–Trinajstić information content (AvgIpc) is 2.43. The van der Waals surface area contributed by atoms with Crippen molar-refractivity contribution in [3.05, 3.63) is 36.0 Å². The van der Waals surface area contributed by atoms with Crippen LogP contribution in [0.1, 0.15) is 12.0 Å². The van der Waals surface area contributed by atoms with Gasteiger partial charge in [-0.3, -0.25) is 9.69 Å². The zero-order valence-corrected chi connectivity index (χ0v) is 11.5. The number of nitrogens with two attached hydrogens (primary N) is 1. The number of amides is 1. The normalized spacial score (nSPS) is 18.8. The molecule has 0 spiro atoms. The molecule has 1 aromatic carbocycles. The molecule has 5 heteroatoms. The number of nitrogens with zero attached hydrogens (tertiary/aromatic N) is 2. The van der Waals surface area contributed by atoms with E-state index in [0.717, 1.165) is 29.3 Å². The van der Waals surface area contributed by atoms with Crippen LogP contribution in [-0.2, 0) is 11.3 Å². The van der Waals surface area contributed by atoms with E-state index >= 15 is 0 Å². The van der Waals surface area contributed by atoms with Crippen LogP contribution in [0.5, 0.6) is 0 Å². The SMILES string of the molecule is CN1CCC1C(=O)NCc1ccc2c(N)nccc2c1. The number of anilines is 1. The van der Waals surface area contributed by atoms with Crippen LogP contribution in [0.2, 0.25) is 0 Å². The molecule has 1 fully saturated rings. The number of hydrogen-bond donors (Lipinski definition) is 2. The highest BCUT2D eigenvalue weighted by molar-refractivity contribution is 5.91. The Hall–Kier alpha value is -2.14. The predicted molar refractivity (Wildman–Crippen MR) is 79.0 cm³/mol. The number of benzene rings is 1. The summed E-state index contributed by atoms with van der Waals surface area (Å²) in [5.41, 5.74) is 6.89. The van der Waals surface area contributed by atoms with Crippen molar-refractivity contribution in [3.8, 4) is 0 Å². The Morgan fingerprint density at radius 3 is 3.05 bits per heavy atom. The van der Waals surface area contributed by atoms with E-state index in [0.29, 0.717) is 12.4 Å². The molecule has 1 aliphatic rings. The van der Waals surface area contributed by atoms with Gasteiger partial charge in [-0.15, -0.1) is 0 Å². The first-order valence-corrected chi connectivity index (χ1v) is 6.76. The summed E-state index contributed by atoms with van der Waals surface area (Å²) in [7, 11) is 1.97. The van der Waals surface area contributed by atoms with Crippen molar-refractivity contribution in [1.82, 2.24) is 15.2 Å². The minimum atomic E-state index is 0.0373. The number of pyridine rings is 1. The average molecular weight is 270 g/mol. The van der Waals surface area contributed by atoms with Crippen molar-refractivity contribution in [2.24, 2.45) is 0 Å². The molecule has 3 rings (SSSR count). The molecule has 0 saturated carbocycles. The van der Waals surface area contributed by atoms with Gasteiger partial charge in [-0.05, 0) is 36.6 Å². The highest BCUT2D eigenvalue weighted by Gasteiger charge is 2.30. The summed E-state index contributed by atoms with van der Waals surface area (Å²) in [6, 6.07) is 7.93. The van der Waals surface area contributed by atoms with Crippen LogP contribution in [0.4, 0.5) is 5.82 Å². The van der Waals surface area contributed by atoms with E-state index in [1.165, 1.54) is 0 Å². The summed E-state index contributed by atoms with van der Waals surface area (Å²) >= 11 is 0. The number of fused-ring (bicyclic) bond motifs is 1. The lowest BCUT2D eigenvalue weighted by Gasteiger charge is -2.36. The van der Waals surface area contributed by atoms with Gasteiger partial charge in [-0.1, -0.05) is 12.1 Å². The molecule has 0 radical (unpaired) electrons. The molecule has 20 heavy (non-hydrogen) atoms. The molecule has 1 atom stereocenters. The van der Waals surface area contributed by atoms with Crippen molar-refractivity contribution >= 4 is 22.5 Å². The topological polar surface area (TPSA) is 71.2 Å². The van der Waals surface area contributed by atoms with Gasteiger partial charge in [-0.25, -0.2) is 4.98 Å². The second-order valence-electron chi connectivity index (χ2n) is 5.25. The Bertz CT molecular complexity index is 655. The molecule has 2 aromatic rings. The van der Waals surface area contributed by atoms with Gasteiger partial charge in [-0.2, -0.15) is 0 Å². The van der Waals surface area contributed by atoms with Gasteiger partial charge < -0.3 is 11.1 Å². The van der Waals surface area contributed by atoms with Crippen LogP contribution < -0.4 is 11.1 Å². The number of nitrogen functional groups attached to an aromatic ring is 1. The van der Waals surface area contributed by atoms with Gasteiger partial charge in [0.05, 0.1) is 6.04 Å². The zero-order chi connectivity index (χ0) is 14.1. The maximum atomic E-state index is 11.9. The van der Waals surface area contributed by atoms with Crippen LogP contribution in [0, 0.1) is 0 Å². The lowest BCUT2D eigenvalue weighted by atomic mass is 10.0. The standard InChI is InChI=1S/C15H18N4O/c1-19-7-5-13(19)15(20)18-9-10-2-3-12-11(8-10)4-6-17-14(12)16/h2-4,6,8,13H,5,7,9H2,1H3,(H2,16,17)(H,18,20). The molecule has 1 aliphatic heterocycles. The minimum Gasteiger partial charge on any atom is -0.383 e. The van der Waals surface area contributed by atoms with E-state index in [2.05, 4.69) is 15.2 Å². The van der Waals surface area contributed by atoms with Gasteiger partial charge in [0.15, 0.2) is 0 Å². The van der Waals surface area contributed by atoms with Gasteiger partial charge in [0.2, 0.25) is 5.91 Å². The molecule has 1 aromatic heterocycles. The second kappa shape index (κ2) is 5.09. The molecule has 3 N–H and O–H groups in total. The molecule has 1 unspecified atom stereocenters. The maximum absolute atomic E-state index is 11.9. The number of carbonyl (C=O) groups is 1. The van der Waals surface area contributed by atoms with Crippen LogP contribution in [-0.4, -0.2) is 35.4 Å². The van der Waals surface area contributed by atoms with Crippen LogP contribution in [0.15, 0.2) is 30.5 Å². The smallest absolute Gasteiger partial charge is 0.237 e. The fourth-order valence-electron chi connectivity index (χ4n) is 2.52. The summed E-state index contributed by atoms with van der Waals surface area (Å²) in [5.74, 6) is 0.641. The molecule has 0 bridgehead atoms. The number of aromatic nitrogens is 1. The Balaban J connectivity index is 1.70. The molecule has 0 aliphatic carbocycles. The van der Waals surface area contributed by atoms with Gasteiger partial charge in [0, 0.05) is 24.7 Å². The van der Waals surface area contributed by atoms with Crippen LogP contribution >= 0.6 is 0 Å². The first kappa shape index (κ1) is 12.9. The lowest BCUT2D eigenvalue weighted by Crippen LogP contribution is -2.53. The van der Waals surface area contributed by atoms with Crippen LogP contribution in [0.25, 0.3) is 10.8 Å². The summed E-state index contributed by atoms with van der Waals surface area (Å²) in [6.07, 6.45) is 2.64. The van der Waals surface area contributed by atoms with E-state index < -0.39 is 0 Å². The predicted octanol–water partition coefficient (Wildman–Crippen LogP) is 1.14. The van der Waals surface area contributed by atoms with Crippen molar-refractivity contribution in [2.45, 2.75) is 19.0 Å². The molecule has 5 nitrogen and oxygen atoms in total. The Kier molecular flexibility index (Phi) is 3.28. The number of rotatable bonds is 3. The fraction of sp³-hybridized carbons (Fsp3) is 0.333. The third-order valence-electron chi connectivity index (χ3n) is 3.92. The Morgan fingerprint density at radius 2 is 2.35 bits per heavy atom. The van der Waals surface area contributed by atoms with E-state index in [1.807, 2.05) is 31.3 Å². The second-order valence-corrected chi connectivity index (χ2v) is 5.25. The zero-order valence-electron chi connectivity index (χ0n) is 11.5. The summed E-state index contributed by atoms with van der Waals surface area (Å²) in [5, 5.41) is 4.98. The van der Waals surface area contributed by atoms with Gasteiger partial charge in [0.25, 0.3) is 0 Å². The number of carbonyl (C=O) groups excluding carboxylic acids is 1. The van der Waals surface area contributed by atoms with E-state index in [1.54, 1.807) is 6.20 Å². The van der Waals surface area contributed by atoms with Crippen LogP contribution in [0.3, 0.4) is 0 Å². The van der Waals surface area contributed by atoms with E-state index in [-0.39, 0.29) is 11.9 Å². The third-order valence-corrected chi connectivity index (χ3v) is 3.92. The lowest BCUT2D eigenvalue weighted by molar-refractivity contribution is -0.129. The highest BCUT2D eigenvalue weighted by atomic mass is 16.2. The first-order chi connectivity index (χ1) is 9.65. The molecule has 2 heterocycles. The van der Waals surface area contributed by atoms with Crippen molar-refractivity contribution < 1.29 is 4.79 Å². The number of likely N-dealkylation sites (tertiary alicyclic amines) is 1. The Labute approximate surface area is 117 Å². The summed E-state index contributed by atoms with van der Waals surface area (Å²) in [6.45, 7) is 1.54. The fourth-order valence-corrected chi connectivity index (χ4v) is 2.52. The van der Waals surface area contributed by atoms with E-state index in [4.69, 9.17) is 5.73 Å². The maximum Gasteiger partial charge on any atom is 0.237 e. The third kappa shape index (κ3) is 2.32. The molecular formula is C15H18N4O. The van der Waals surface area contributed by atoms with E-state index in [9.17, 15) is 4.79 Å². The largest absolute Gasteiger partial charge is 0.383 e. The molecule has 1 amide bonds. The van der Waals surface area contributed by atoms with Crippen molar-refractivity contribution in [2.75, 3.05) is 19.3 Å². The minimum absolute atomic E-state index is 0.0373. The monoisotopic (exact) mass is 270 g/mol. The number of likely N-dealkylation sites (N-methyl/N-ethyl adjacent to an activating group) is 1. The first-order valence-electron chi connectivity index (χ1n) is 6.76. The molecular weight excluding hydrogens is 252 g/mol. The quantitative estimate of drug-likeness (QED) is 0.877. The Morgan fingerprint density at radius 1 is 1.50 bits per heavy atom. The summed E-state index contributed by atoms with van der Waals surface area (Å²) in [4.78, 5) is 18.1.